The van der Waals surface area contributed by atoms with E-state index in [-0.39, 0.29) is 13.0 Å². The Morgan fingerprint density at radius 1 is 1.22 bits per heavy atom. The lowest BCUT2D eigenvalue weighted by atomic mass is 10.1. The molecule has 1 aliphatic heterocycles. The summed E-state index contributed by atoms with van der Waals surface area (Å²) in [4.78, 5) is 16.3. The summed E-state index contributed by atoms with van der Waals surface area (Å²) in [6.07, 6.45) is 2.39. The van der Waals surface area contributed by atoms with Crippen LogP contribution in [0.2, 0.25) is 0 Å². The van der Waals surface area contributed by atoms with Crippen LogP contribution in [0.3, 0.4) is 0 Å². The van der Waals surface area contributed by atoms with Crippen LogP contribution in [0.1, 0.15) is 30.4 Å². The molecule has 27 heavy (non-hydrogen) atoms. The molecule has 0 bridgehead atoms. The Labute approximate surface area is 155 Å². The van der Waals surface area contributed by atoms with E-state index in [1.165, 1.54) is 10.1 Å². The molecule has 4 rings (SSSR count). The Kier molecular flexibility index (Phi) is 5.07. The second kappa shape index (κ2) is 7.64. The van der Waals surface area contributed by atoms with E-state index in [0.717, 1.165) is 30.4 Å². The van der Waals surface area contributed by atoms with Crippen molar-refractivity contribution < 1.29 is 19.4 Å². The number of aryl methyl sites for hydroxylation is 2. The fourth-order valence-corrected chi connectivity index (χ4v) is 3.47. The van der Waals surface area contributed by atoms with Gasteiger partial charge < -0.3 is 19.4 Å². The predicted octanol–water partition coefficient (Wildman–Crippen LogP) is 1.81. The highest BCUT2D eigenvalue weighted by Crippen LogP contribution is 2.28. The standard InChI is InChI=1S/C20H22N2O5/c23-12-17-16(24)10-18(27-17)22-11-14-9-15(26-19(14)21-20(22)25)8-4-7-13-5-2-1-3-6-13/h1-3,5-6,9,11,16-18,23-24H,4,7-8,10,12H2/t16-,17+,18+/m0/s1. The van der Waals surface area contributed by atoms with Gasteiger partial charge in [-0.25, -0.2) is 4.79 Å². The maximum absolute atomic E-state index is 12.3. The average Bonchev–Trinajstić information content (AvgIpc) is 3.24. The normalized spacial score (nSPS) is 22.5. The highest BCUT2D eigenvalue weighted by Gasteiger charge is 2.35. The minimum atomic E-state index is -0.805. The first kappa shape index (κ1) is 17.9. The summed E-state index contributed by atoms with van der Waals surface area (Å²) < 4.78 is 12.6. The molecule has 1 aromatic carbocycles. The molecule has 1 aliphatic rings. The fourth-order valence-electron chi connectivity index (χ4n) is 3.47. The van der Waals surface area contributed by atoms with Gasteiger partial charge in [-0.15, -0.1) is 0 Å². The van der Waals surface area contributed by atoms with Gasteiger partial charge in [-0.2, -0.15) is 4.98 Å². The lowest BCUT2D eigenvalue weighted by Crippen LogP contribution is -2.27. The summed E-state index contributed by atoms with van der Waals surface area (Å²) in [7, 11) is 0. The predicted molar refractivity (Wildman–Crippen MR) is 98.4 cm³/mol. The summed E-state index contributed by atoms with van der Waals surface area (Å²) in [6.45, 7) is -0.292. The molecule has 2 aromatic heterocycles. The molecule has 0 spiro atoms. The van der Waals surface area contributed by atoms with E-state index in [1.54, 1.807) is 6.20 Å². The minimum Gasteiger partial charge on any atom is -0.443 e. The molecule has 2 N–H and O–H groups in total. The molecule has 0 unspecified atom stereocenters. The Hall–Kier alpha value is -2.48. The molecule has 7 heteroatoms. The number of aliphatic hydroxyl groups is 2. The smallest absolute Gasteiger partial charge is 0.353 e. The number of nitrogens with zero attached hydrogens (tertiary/aromatic N) is 2. The van der Waals surface area contributed by atoms with E-state index < -0.39 is 24.1 Å². The van der Waals surface area contributed by atoms with Gasteiger partial charge in [0, 0.05) is 19.0 Å². The van der Waals surface area contributed by atoms with E-state index in [1.807, 2.05) is 24.3 Å². The van der Waals surface area contributed by atoms with Gasteiger partial charge in [-0.1, -0.05) is 30.3 Å². The third-order valence-electron chi connectivity index (χ3n) is 4.91. The number of hydrogen-bond donors (Lipinski definition) is 2. The molecule has 0 aliphatic carbocycles. The topological polar surface area (TPSA) is 97.7 Å². The molecule has 3 aromatic rings. The van der Waals surface area contributed by atoms with Crippen molar-refractivity contribution in [2.75, 3.05) is 6.61 Å². The zero-order chi connectivity index (χ0) is 18.8. The van der Waals surface area contributed by atoms with Crippen molar-refractivity contribution in [2.24, 2.45) is 0 Å². The highest BCUT2D eigenvalue weighted by atomic mass is 16.5. The molecule has 7 nitrogen and oxygen atoms in total. The Morgan fingerprint density at radius 3 is 2.78 bits per heavy atom. The van der Waals surface area contributed by atoms with Gasteiger partial charge in [-0.3, -0.25) is 4.57 Å². The molecule has 3 atom stereocenters. The maximum atomic E-state index is 12.3. The van der Waals surface area contributed by atoms with Crippen molar-refractivity contribution in [3.8, 4) is 0 Å². The first-order chi connectivity index (χ1) is 13.1. The summed E-state index contributed by atoms with van der Waals surface area (Å²) >= 11 is 0. The molecule has 3 heterocycles. The number of ether oxygens (including phenoxy) is 1. The monoisotopic (exact) mass is 370 g/mol. The van der Waals surface area contributed by atoms with Crippen molar-refractivity contribution >= 4 is 11.1 Å². The quantitative estimate of drug-likeness (QED) is 0.687. The lowest BCUT2D eigenvalue weighted by Gasteiger charge is -2.13. The molecular formula is C20H22N2O5. The van der Waals surface area contributed by atoms with E-state index in [9.17, 15) is 15.0 Å². The van der Waals surface area contributed by atoms with Crippen LogP contribution in [0.5, 0.6) is 0 Å². The van der Waals surface area contributed by atoms with Gasteiger partial charge in [0.05, 0.1) is 18.1 Å². The van der Waals surface area contributed by atoms with Crippen LogP contribution in [0, 0.1) is 0 Å². The molecular weight excluding hydrogens is 348 g/mol. The number of rotatable bonds is 6. The van der Waals surface area contributed by atoms with Crippen LogP contribution in [0.15, 0.2) is 51.8 Å². The maximum Gasteiger partial charge on any atom is 0.353 e. The van der Waals surface area contributed by atoms with Crippen molar-refractivity contribution in [3.63, 3.8) is 0 Å². The van der Waals surface area contributed by atoms with Crippen LogP contribution >= 0.6 is 0 Å². The van der Waals surface area contributed by atoms with Gasteiger partial charge in [-0.05, 0) is 24.5 Å². The van der Waals surface area contributed by atoms with Gasteiger partial charge in [0.25, 0.3) is 0 Å². The molecule has 1 saturated heterocycles. The van der Waals surface area contributed by atoms with Gasteiger partial charge in [0.15, 0.2) is 0 Å². The number of fused-ring (bicyclic) bond motifs is 1. The average molecular weight is 370 g/mol. The number of aliphatic hydroxyl groups excluding tert-OH is 2. The first-order valence-corrected chi connectivity index (χ1v) is 9.14. The van der Waals surface area contributed by atoms with Crippen LogP contribution in [-0.2, 0) is 17.6 Å². The Morgan fingerprint density at radius 2 is 2.04 bits per heavy atom. The Balaban J connectivity index is 1.49. The number of hydrogen-bond acceptors (Lipinski definition) is 6. The zero-order valence-electron chi connectivity index (χ0n) is 14.8. The SMILES string of the molecule is O=c1nc2oc(CCCc3ccccc3)cc2cn1[C@H]1C[C@H](O)[C@@H](CO)O1. The van der Waals surface area contributed by atoms with Crippen molar-refractivity contribution in [1.29, 1.82) is 0 Å². The van der Waals surface area contributed by atoms with E-state index in [4.69, 9.17) is 9.15 Å². The summed E-state index contributed by atoms with van der Waals surface area (Å²) in [5.74, 6) is 0.784. The van der Waals surface area contributed by atoms with Crippen LogP contribution in [0.25, 0.3) is 11.1 Å². The summed E-state index contributed by atoms with van der Waals surface area (Å²) in [6, 6.07) is 12.1. The van der Waals surface area contributed by atoms with Crippen molar-refractivity contribution in [2.45, 2.75) is 44.1 Å². The van der Waals surface area contributed by atoms with Crippen LogP contribution in [-0.4, -0.2) is 38.6 Å². The number of benzene rings is 1. The molecule has 0 saturated carbocycles. The zero-order valence-corrected chi connectivity index (χ0v) is 14.8. The Bertz CT molecular complexity index is 965. The third kappa shape index (κ3) is 3.80. The molecule has 0 amide bonds. The molecule has 0 radical (unpaired) electrons. The fraction of sp³-hybridized carbons (Fsp3) is 0.400. The molecule has 142 valence electrons. The van der Waals surface area contributed by atoms with E-state index in [2.05, 4.69) is 17.1 Å². The highest BCUT2D eigenvalue weighted by molar-refractivity contribution is 5.72. The van der Waals surface area contributed by atoms with Crippen LogP contribution < -0.4 is 5.69 Å². The van der Waals surface area contributed by atoms with E-state index >= 15 is 0 Å². The van der Waals surface area contributed by atoms with E-state index in [0.29, 0.717) is 5.71 Å². The van der Waals surface area contributed by atoms with Crippen molar-refractivity contribution in [1.82, 2.24) is 9.55 Å². The van der Waals surface area contributed by atoms with Gasteiger partial charge in [0.1, 0.15) is 18.1 Å². The minimum absolute atomic E-state index is 0.236. The second-order valence-corrected chi connectivity index (χ2v) is 6.86. The number of furan rings is 1. The third-order valence-corrected chi connectivity index (χ3v) is 4.91. The van der Waals surface area contributed by atoms with Gasteiger partial charge >= 0.3 is 5.69 Å². The summed E-state index contributed by atoms with van der Waals surface area (Å²) in [5, 5.41) is 19.8. The summed E-state index contributed by atoms with van der Waals surface area (Å²) in [5.41, 5.74) is 1.09. The number of aromatic nitrogens is 2. The molecule has 1 fully saturated rings. The second-order valence-electron chi connectivity index (χ2n) is 6.86. The van der Waals surface area contributed by atoms with Crippen LogP contribution in [0.4, 0.5) is 0 Å². The first-order valence-electron chi connectivity index (χ1n) is 9.14. The van der Waals surface area contributed by atoms with Crippen molar-refractivity contribution in [3.05, 3.63) is 64.4 Å². The lowest BCUT2D eigenvalue weighted by molar-refractivity contribution is -0.0457. The van der Waals surface area contributed by atoms with Gasteiger partial charge in [0.2, 0.25) is 5.71 Å². The largest absolute Gasteiger partial charge is 0.443 e.